The van der Waals surface area contributed by atoms with Crippen molar-refractivity contribution in [1.82, 2.24) is 9.80 Å². The molecule has 1 aromatic carbocycles. The van der Waals surface area contributed by atoms with E-state index < -0.39 is 11.9 Å². The van der Waals surface area contributed by atoms with Crippen LogP contribution in [0.1, 0.15) is 25.8 Å². The molecule has 0 aromatic heterocycles. The Morgan fingerprint density at radius 1 is 1.00 bits per heavy atom. The molecule has 27 heavy (non-hydrogen) atoms. The molecular weight excluding hydrogens is 368 g/mol. The van der Waals surface area contributed by atoms with Crippen LogP contribution in [0.2, 0.25) is 0 Å². The van der Waals surface area contributed by atoms with Gasteiger partial charge in [-0.25, -0.2) is 9.59 Å². The molecule has 150 valence electrons. The maximum Gasteiger partial charge on any atom is 0.414 e. The molecule has 0 radical (unpaired) electrons. The predicted molar refractivity (Wildman–Crippen MR) is 105 cm³/mol. The number of hydrogen-bond acceptors (Lipinski definition) is 5. The molecule has 1 heterocycles. The number of piperazine rings is 1. The Hall–Kier alpha value is -2.06. The quantitative estimate of drug-likeness (QED) is 0.582. The maximum atomic E-state index is 12.0. The third-order valence-corrected chi connectivity index (χ3v) is 4.80. The van der Waals surface area contributed by atoms with Crippen LogP contribution in [0.25, 0.3) is 0 Å². The second-order valence-corrected chi connectivity index (χ2v) is 7.59. The SMILES string of the molecule is CSc1ccc(CN2CCN(C(=O)CC(C)C)CC2)cc1.O=C(O)C(=O)O. The second kappa shape index (κ2) is 11.6. The van der Waals surface area contributed by atoms with E-state index in [9.17, 15) is 4.79 Å². The van der Waals surface area contributed by atoms with Gasteiger partial charge in [-0.2, -0.15) is 0 Å². The summed E-state index contributed by atoms with van der Waals surface area (Å²) in [6.07, 6.45) is 2.78. The first kappa shape index (κ1) is 23.0. The number of rotatable bonds is 5. The van der Waals surface area contributed by atoms with E-state index in [0.29, 0.717) is 18.2 Å². The van der Waals surface area contributed by atoms with Gasteiger partial charge in [-0.3, -0.25) is 9.69 Å². The normalized spacial score (nSPS) is 14.4. The lowest BCUT2D eigenvalue weighted by Crippen LogP contribution is -2.48. The first-order valence-electron chi connectivity index (χ1n) is 8.82. The number of thioether (sulfide) groups is 1. The standard InChI is InChI=1S/C17H26N2OS.C2H2O4/c1-14(2)12-17(20)19-10-8-18(9-11-19)13-15-4-6-16(21-3)7-5-15;3-1(4)2(5)6/h4-7,14H,8-13H2,1-3H3;(H,3,4)(H,5,6). The van der Waals surface area contributed by atoms with Gasteiger partial charge in [-0.05, 0) is 29.9 Å². The molecule has 0 unspecified atom stereocenters. The predicted octanol–water partition coefficient (Wildman–Crippen LogP) is 2.25. The molecular formula is C19H28N2O5S. The van der Waals surface area contributed by atoms with Crippen molar-refractivity contribution >= 4 is 29.6 Å². The third-order valence-electron chi connectivity index (χ3n) is 4.06. The Morgan fingerprint density at radius 2 is 1.52 bits per heavy atom. The van der Waals surface area contributed by atoms with E-state index in [1.54, 1.807) is 11.8 Å². The Bertz CT molecular complexity index is 613. The van der Waals surface area contributed by atoms with Gasteiger partial charge in [-0.15, -0.1) is 11.8 Å². The van der Waals surface area contributed by atoms with Crippen LogP contribution >= 0.6 is 11.8 Å². The van der Waals surface area contributed by atoms with Crippen molar-refractivity contribution in [2.75, 3.05) is 32.4 Å². The number of carbonyl (C=O) groups is 3. The summed E-state index contributed by atoms with van der Waals surface area (Å²) < 4.78 is 0. The molecule has 0 spiro atoms. The Balaban J connectivity index is 0.000000527. The Kier molecular flexibility index (Phi) is 9.88. The molecule has 0 aliphatic carbocycles. The highest BCUT2D eigenvalue weighted by molar-refractivity contribution is 7.98. The van der Waals surface area contributed by atoms with Gasteiger partial charge in [0.2, 0.25) is 5.91 Å². The minimum atomic E-state index is -1.82. The summed E-state index contributed by atoms with van der Waals surface area (Å²) in [5.41, 5.74) is 1.36. The molecule has 8 heteroatoms. The summed E-state index contributed by atoms with van der Waals surface area (Å²) in [7, 11) is 0. The molecule has 1 aromatic rings. The van der Waals surface area contributed by atoms with Gasteiger partial charge in [0, 0.05) is 44.0 Å². The van der Waals surface area contributed by atoms with Crippen LogP contribution < -0.4 is 0 Å². The van der Waals surface area contributed by atoms with Crippen molar-refractivity contribution in [3.05, 3.63) is 29.8 Å². The summed E-state index contributed by atoms with van der Waals surface area (Å²) >= 11 is 1.77. The number of carboxylic acid groups (broad SMARTS) is 2. The lowest BCUT2D eigenvalue weighted by molar-refractivity contribution is -0.159. The third kappa shape index (κ3) is 8.92. The molecule has 1 saturated heterocycles. The van der Waals surface area contributed by atoms with Crippen molar-refractivity contribution in [2.24, 2.45) is 5.92 Å². The molecule has 7 nitrogen and oxygen atoms in total. The number of amides is 1. The second-order valence-electron chi connectivity index (χ2n) is 6.71. The zero-order valence-electron chi connectivity index (χ0n) is 16.1. The average Bonchev–Trinajstić information content (AvgIpc) is 2.63. The first-order chi connectivity index (χ1) is 12.7. The first-order valence-corrected chi connectivity index (χ1v) is 10.0. The number of hydrogen-bond donors (Lipinski definition) is 2. The summed E-state index contributed by atoms with van der Waals surface area (Å²) in [5.74, 6) is -2.88. The van der Waals surface area contributed by atoms with E-state index in [2.05, 4.69) is 49.3 Å². The van der Waals surface area contributed by atoms with Crippen LogP contribution in [0.3, 0.4) is 0 Å². The minimum Gasteiger partial charge on any atom is -0.473 e. The van der Waals surface area contributed by atoms with Crippen molar-refractivity contribution in [3.8, 4) is 0 Å². The van der Waals surface area contributed by atoms with Gasteiger partial charge in [0.05, 0.1) is 0 Å². The summed E-state index contributed by atoms with van der Waals surface area (Å²) in [5, 5.41) is 14.8. The number of benzene rings is 1. The highest BCUT2D eigenvalue weighted by atomic mass is 32.2. The minimum absolute atomic E-state index is 0.314. The molecule has 1 fully saturated rings. The molecule has 1 aliphatic heterocycles. The van der Waals surface area contributed by atoms with Crippen molar-refractivity contribution in [2.45, 2.75) is 31.7 Å². The van der Waals surface area contributed by atoms with Gasteiger partial charge >= 0.3 is 11.9 Å². The Morgan fingerprint density at radius 3 is 1.93 bits per heavy atom. The van der Waals surface area contributed by atoms with Gasteiger partial charge in [0.25, 0.3) is 0 Å². The Labute approximate surface area is 164 Å². The highest BCUT2D eigenvalue weighted by Crippen LogP contribution is 2.16. The van der Waals surface area contributed by atoms with E-state index in [4.69, 9.17) is 19.8 Å². The van der Waals surface area contributed by atoms with Crippen LogP contribution in [0.15, 0.2) is 29.2 Å². The largest absolute Gasteiger partial charge is 0.473 e. The number of carbonyl (C=O) groups excluding carboxylic acids is 1. The lowest BCUT2D eigenvalue weighted by Gasteiger charge is -2.35. The molecule has 0 saturated carbocycles. The molecule has 0 atom stereocenters. The zero-order chi connectivity index (χ0) is 20.4. The van der Waals surface area contributed by atoms with Crippen LogP contribution in [0, 0.1) is 5.92 Å². The van der Waals surface area contributed by atoms with Crippen LogP contribution in [-0.2, 0) is 20.9 Å². The molecule has 1 aliphatic rings. The summed E-state index contributed by atoms with van der Waals surface area (Å²) in [6.45, 7) is 8.89. The van der Waals surface area contributed by atoms with Crippen molar-refractivity contribution in [1.29, 1.82) is 0 Å². The highest BCUT2D eigenvalue weighted by Gasteiger charge is 2.21. The van der Waals surface area contributed by atoms with Gasteiger partial charge in [0.15, 0.2) is 0 Å². The fraction of sp³-hybridized carbons (Fsp3) is 0.526. The van der Waals surface area contributed by atoms with E-state index >= 15 is 0 Å². The van der Waals surface area contributed by atoms with Gasteiger partial charge < -0.3 is 15.1 Å². The van der Waals surface area contributed by atoms with Crippen LogP contribution in [0.4, 0.5) is 0 Å². The molecule has 1 amide bonds. The monoisotopic (exact) mass is 396 g/mol. The zero-order valence-corrected chi connectivity index (χ0v) is 16.9. The lowest BCUT2D eigenvalue weighted by atomic mass is 10.1. The van der Waals surface area contributed by atoms with Crippen molar-refractivity contribution in [3.63, 3.8) is 0 Å². The fourth-order valence-corrected chi connectivity index (χ4v) is 3.03. The molecule has 2 rings (SSSR count). The summed E-state index contributed by atoms with van der Waals surface area (Å²) in [6, 6.07) is 8.79. The van der Waals surface area contributed by atoms with E-state index in [1.165, 1.54) is 10.5 Å². The van der Waals surface area contributed by atoms with Crippen LogP contribution in [-0.4, -0.2) is 70.3 Å². The number of nitrogens with zero attached hydrogens (tertiary/aromatic N) is 2. The smallest absolute Gasteiger partial charge is 0.414 e. The van der Waals surface area contributed by atoms with Crippen molar-refractivity contribution < 1.29 is 24.6 Å². The number of aliphatic carboxylic acids is 2. The van der Waals surface area contributed by atoms with E-state index in [1.807, 2.05) is 4.90 Å². The molecule has 2 N–H and O–H groups in total. The van der Waals surface area contributed by atoms with Gasteiger partial charge in [-0.1, -0.05) is 26.0 Å². The average molecular weight is 397 g/mol. The fourth-order valence-electron chi connectivity index (χ4n) is 2.62. The topological polar surface area (TPSA) is 98.2 Å². The number of carboxylic acids is 2. The molecule has 0 bridgehead atoms. The van der Waals surface area contributed by atoms with Gasteiger partial charge in [0.1, 0.15) is 0 Å². The van der Waals surface area contributed by atoms with E-state index in [-0.39, 0.29) is 0 Å². The maximum absolute atomic E-state index is 12.0. The summed E-state index contributed by atoms with van der Waals surface area (Å²) in [4.78, 5) is 36.0. The van der Waals surface area contributed by atoms with E-state index in [0.717, 1.165) is 32.7 Å². The van der Waals surface area contributed by atoms with Crippen LogP contribution in [0.5, 0.6) is 0 Å².